The molecule has 0 aliphatic rings. The van der Waals surface area contributed by atoms with Gasteiger partial charge in [-0.3, -0.25) is 0 Å². The maximum Gasteiger partial charge on any atom is 0.319 e. The van der Waals surface area contributed by atoms with Crippen molar-refractivity contribution in [3.8, 4) is 0 Å². The van der Waals surface area contributed by atoms with Crippen LogP contribution < -0.4 is 10.6 Å². The van der Waals surface area contributed by atoms with E-state index in [1.165, 1.54) is 7.11 Å². The summed E-state index contributed by atoms with van der Waals surface area (Å²) in [5.41, 5.74) is 2.88. The lowest BCUT2D eigenvalue weighted by Crippen LogP contribution is -2.32. The summed E-state index contributed by atoms with van der Waals surface area (Å²) in [7, 11) is 1.53. The van der Waals surface area contributed by atoms with Crippen LogP contribution in [0.3, 0.4) is 0 Å². The van der Waals surface area contributed by atoms with E-state index < -0.39 is 6.10 Å². The van der Waals surface area contributed by atoms with Crippen LogP contribution in [0.15, 0.2) is 16.6 Å². The molecule has 1 aromatic carbocycles. The summed E-state index contributed by atoms with van der Waals surface area (Å²) in [6, 6.07) is 3.52. The first-order valence-corrected chi connectivity index (χ1v) is 7.22. The van der Waals surface area contributed by atoms with Crippen LogP contribution in [0.4, 0.5) is 10.5 Å². The number of aliphatic hydroxyl groups is 1. The van der Waals surface area contributed by atoms with E-state index in [2.05, 4.69) is 26.6 Å². The minimum absolute atomic E-state index is 0.272. The lowest BCUT2D eigenvalue weighted by Gasteiger charge is -2.12. The average Bonchev–Trinajstić information content (AvgIpc) is 2.36. The van der Waals surface area contributed by atoms with Crippen LogP contribution >= 0.6 is 15.9 Å². The second-order valence-electron chi connectivity index (χ2n) is 4.70. The first kappa shape index (κ1) is 16.9. The van der Waals surface area contributed by atoms with E-state index >= 15 is 0 Å². The van der Waals surface area contributed by atoms with E-state index in [-0.39, 0.29) is 12.6 Å². The number of ether oxygens (including phenoxy) is 1. The summed E-state index contributed by atoms with van der Waals surface area (Å²) >= 11 is 3.48. The lowest BCUT2D eigenvalue weighted by molar-refractivity contribution is 0.0599. The number of nitrogens with one attached hydrogen (secondary N) is 2. The highest BCUT2D eigenvalue weighted by molar-refractivity contribution is 9.10. The molecule has 0 fully saturated rings. The Labute approximate surface area is 127 Å². The van der Waals surface area contributed by atoms with Crippen LogP contribution in [0.1, 0.15) is 17.5 Å². The molecule has 0 saturated heterocycles. The Morgan fingerprint density at radius 1 is 1.40 bits per heavy atom. The van der Waals surface area contributed by atoms with Crippen molar-refractivity contribution in [2.75, 3.05) is 25.6 Å². The number of amides is 2. The molecule has 20 heavy (non-hydrogen) atoms. The van der Waals surface area contributed by atoms with Gasteiger partial charge in [0.1, 0.15) is 0 Å². The van der Waals surface area contributed by atoms with Gasteiger partial charge < -0.3 is 20.5 Å². The predicted octanol–water partition coefficient (Wildman–Crippen LogP) is 2.58. The molecule has 112 valence electrons. The molecule has 1 rings (SSSR count). The van der Waals surface area contributed by atoms with Crippen molar-refractivity contribution in [3.63, 3.8) is 0 Å². The molecule has 0 aromatic heterocycles. The monoisotopic (exact) mass is 344 g/mol. The Morgan fingerprint density at radius 3 is 2.55 bits per heavy atom. The van der Waals surface area contributed by atoms with Gasteiger partial charge in [0, 0.05) is 23.8 Å². The van der Waals surface area contributed by atoms with Crippen LogP contribution in [0.25, 0.3) is 0 Å². The molecular formula is C14H21BrN2O3. The number of halogens is 1. The minimum atomic E-state index is -0.558. The molecule has 0 spiro atoms. The summed E-state index contributed by atoms with van der Waals surface area (Å²) in [6.45, 7) is 4.61. The zero-order valence-corrected chi connectivity index (χ0v) is 13.6. The molecule has 1 atom stereocenters. The predicted molar refractivity (Wildman–Crippen MR) is 83.1 cm³/mol. The highest BCUT2D eigenvalue weighted by Gasteiger charge is 2.07. The number of carbonyl (C=O) groups excluding carboxylic acids is 1. The van der Waals surface area contributed by atoms with Crippen molar-refractivity contribution < 1.29 is 14.6 Å². The molecule has 0 radical (unpaired) electrons. The van der Waals surface area contributed by atoms with E-state index in [9.17, 15) is 9.90 Å². The van der Waals surface area contributed by atoms with Gasteiger partial charge in [-0.05, 0) is 43.5 Å². The maximum absolute atomic E-state index is 11.7. The number of benzene rings is 1. The fraction of sp³-hybridized carbons (Fsp3) is 0.500. The van der Waals surface area contributed by atoms with Gasteiger partial charge in [-0.2, -0.15) is 0 Å². The van der Waals surface area contributed by atoms with Crippen molar-refractivity contribution in [2.45, 2.75) is 26.4 Å². The topological polar surface area (TPSA) is 70.6 Å². The Bertz CT molecular complexity index is 443. The van der Waals surface area contributed by atoms with Crippen LogP contribution in [-0.4, -0.2) is 37.5 Å². The van der Waals surface area contributed by atoms with E-state index in [1.807, 2.05) is 26.0 Å². The second kappa shape index (κ2) is 8.24. The molecule has 0 bridgehead atoms. The second-order valence-corrected chi connectivity index (χ2v) is 5.50. The number of hydrogen-bond donors (Lipinski definition) is 3. The number of methoxy groups -OCH3 is 1. The van der Waals surface area contributed by atoms with Gasteiger partial charge in [-0.15, -0.1) is 0 Å². The average molecular weight is 345 g/mol. The highest BCUT2D eigenvalue weighted by Crippen LogP contribution is 2.24. The van der Waals surface area contributed by atoms with Crippen molar-refractivity contribution in [2.24, 2.45) is 0 Å². The van der Waals surface area contributed by atoms with Gasteiger partial charge >= 0.3 is 6.03 Å². The van der Waals surface area contributed by atoms with Crippen LogP contribution in [0.5, 0.6) is 0 Å². The third-order valence-corrected chi connectivity index (χ3v) is 4.07. The largest absolute Gasteiger partial charge is 0.391 e. The Morgan fingerprint density at radius 2 is 2.00 bits per heavy atom. The number of hydrogen-bond acceptors (Lipinski definition) is 3. The molecule has 0 unspecified atom stereocenters. The molecule has 5 nitrogen and oxygen atoms in total. The normalized spacial score (nSPS) is 12.1. The number of anilines is 1. The van der Waals surface area contributed by atoms with Gasteiger partial charge in [0.2, 0.25) is 0 Å². The molecule has 0 heterocycles. The summed E-state index contributed by atoms with van der Waals surface area (Å²) in [5, 5.41) is 14.9. The molecule has 2 amide bonds. The Hall–Kier alpha value is -1.11. The van der Waals surface area contributed by atoms with E-state index in [0.29, 0.717) is 13.0 Å². The van der Waals surface area contributed by atoms with Crippen molar-refractivity contribution in [1.29, 1.82) is 0 Å². The first-order chi connectivity index (χ1) is 9.43. The van der Waals surface area contributed by atoms with Gasteiger partial charge in [-0.1, -0.05) is 15.9 Å². The Balaban J connectivity index is 2.43. The third-order valence-electron chi connectivity index (χ3n) is 2.82. The van der Waals surface area contributed by atoms with Crippen LogP contribution in [-0.2, 0) is 4.74 Å². The summed E-state index contributed by atoms with van der Waals surface area (Å²) in [4.78, 5) is 11.7. The van der Waals surface area contributed by atoms with Crippen LogP contribution in [0, 0.1) is 13.8 Å². The van der Waals surface area contributed by atoms with Crippen molar-refractivity contribution in [3.05, 3.63) is 27.7 Å². The Kier molecular flexibility index (Phi) is 6.98. The number of aliphatic hydroxyl groups excluding tert-OH is 1. The molecule has 0 aliphatic carbocycles. The van der Waals surface area contributed by atoms with E-state index in [0.717, 1.165) is 21.3 Å². The standard InChI is InChI=1S/C14H21BrN2O3/c1-9-6-11(7-10(2)13(9)15)17-14(19)16-5-4-12(18)8-20-3/h6-7,12,18H,4-5,8H2,1-3H3,(H2,16,17,19)/t12-/m0/s1. The molecule has 6 heteroatoms. The molecule has 0 aliphatic heterocycles. The maximum atomic E-state index is 11.7. The van der Waals surface area contributed by atoms with Gasteiger partial charge in [0.15, 0.2) is 0 Å². The van der Waals surface area contributed by atoms with Crippen molar-refractivity contribution in [1.82, 2.24) is 5.32 Å². The number of aryl methyl sites for hydroxylation is 2. The fourth-order valence-electron chi connectivity index (χ4n) is 1.82. The summed E-state index contributed by atoms with van der Waals surface area (Å²) in [6.07, 6.45) is -0.0999. The SMILES string of the molecule is COC[C@@H](O)CCNC(=O)Nc1cc(C)c(Br)c(C)c1. The van der Waals surface area contributed by atoms with Gasteiger partial charge in [-0.25, -0.2) is 4.79 Å². The smallest absolute Gasteiger partial charge is 0.319 e. The lowest BCUT2D eigenvalue weighted by atomic mass is 10.1. The zero-order valence-electron chi connectivity index (χ0n) is 12.0. The van der Waals surface area contributed by atoms with E-state index in [1.54, 1.807) is 0 Å². The number of urea groups is 1. The molecule has 0 saturated carbocycles. The third kappa shape index (κ3) is 5.48. The number of carbonyl (C=O) groups is 1. The molecule has 1 aromatic rings. The minimum Gasteiger partial charge on any atom is -0.391 e. The molecular weight excluding hydrogens is 324 g/mol. The number of rotatable bonds is 6. The first-order valence-electron chi connectivity index (χ1n) is 6.42. The van der Waals surface area contributed by atoms with Gasteiger partial charge in [0.25, 0.3) is 0 Å². The quantitative estimate of drug-likeness (QED) is 0.742. The zero-order chi connectivity index (χ0) is 15.1. The van der Waals surface area contributed by atoms with Crippen LogP contribution in [0.2, 0.25) is 0 Å². The van der Waals surface area contributed by atoms with E-state index in [4.69, 9.17) is 4.74 Å². The fourth-order valence-corrected chi connectivity index (χ4v) is 2.05. The van der Waals surface area contributed by atoms with Crippen molar-refractivity contribution >= 4 is 27.6 Å². The summed E-state index contributed by atoms with van der Waals surface area (Å²) < 4.78 is 5.86. The highest BCUT2D eigenvalue weighted by atomic mass is 79.9. The van der Waals surface area contributed by atoms with Gasteiger partial charge in [0.05, 0.1) is 12.7 Å². The summed E-state index contributed by atoms with van der Waals surface area (Å²) in [5.74, 6) is 0. The molecule has 3 N–H and O–H groups in total.